The molecule has 0 fully saturated rings. The standard InChI is InChI=1S/C19H18ClN3OS/c1-11-3-9-15(10-4-11)22-18(24)16-12(2)21-19(25)23-17(16)13-5-7-14(20)8-6-13/h3-10,17H,1-2H3,(H,22,24)(H2,21,23,25)/t17-/m0/s1. The second kappa shape index (κ2) is 7.25. The van der Waals surface area contributed by atoms with Gasteiger partial charge in [0.05, 0.1) is 11.6 Å². The summed E-state index contributed by atoms with van der Waals surface area (Å²) in [7, 11) is 0. The smallest absolute Gasteiger partial charge is 0.255 e. The van der Waals surface area contributed by atoms with Crippen molar-refractivity contribution < 1.29 is 4.79 Å². The zero-order valence-electron chi connectivity index (χ0n) is 13.9. The highest BCUT2D eigenvalue weighted by atomic mass is 35.5. The summed E-state index contributed by atoms with van der Waals surface area (Å²) in [6.45, 7) is 3.85. The van der Waals surface area contributed by atoms with Crippen LogP contribution in [0.15, 0.2) is 59.8 Å². The summed E-state index contributed by atoms with van der Waals surface area (Å²) in [4.78, 5) is 12.9. The van der Waals surface area contributed by atoms with Crippen molar-refractivity contribution in [3.05, 3.63) is 76.0 Å². The Morgan fingerprint density at radius 2 is 1.72 bits per heavy atom. The fraction of sp³-hybridized carbons (Fsp3) is 0.158. The van der Waals surface area contributed by atoms with E-state index in [4.69, 9.17) is 23.8 Å². The van der Waals surface area contributed by atoms with Crippen molar-refractivity contribution in [1.82, 2.24) is 10.6 Å². The monoisotopic (exact) mass is 371 g/mol. The molecule has 25 heavy (non-hydrogen) atoms. The third-order valence-corrected chi connectivity index (χ3v) is 4.50. The summed E-state index contributed by atoms with van der Waals surface area (Å²) in [5, 5.41) is 10.3. The van der Waals surface area contributed by atoms with Gasteiger partial charge >= 0.3 is 0 Å². The third kappa shape index (κ3) is 4.00. The first kappa shape index (κ1) is 17.5. The average molecular weight is 372 g/mol. The highest BCUT2D eigenvalue weighted by Crippen LogP contribution is 2.28. The van der Waals surface area contributed by atoms with Crippen LogP contribution in [0, 0.1) is 6.92 Å². The molecule has 2 aromatic carbocycles. The predicted molar refractivity (Wildman–Crippen MR) is 106 cm³/mol. The number of allylic oxidation sites excluding steroid dienone is 1. The first-order valence-electron chi connectivity index (χ1n) is 7.86. The molecule has 0 bridgehead atoms. The maximum atomic E-state index is 12.9. The molecule has 0 unspecified atom stereocenters. The summed E-state index contributed by atoms with van der Waals surface area (Å²) in [5.41, 5.74) is 4.13. The van der Waals surface area contributed by atoms with Crippen LogP contribution < -0.4 is 16.0 Å². The van der Waals surface area contributed by atoms with Gasteiger partial charge in [-0.25, -0.2) is 0 Å². The van der Waals surface area contributed by atoms with Gasteiger partial charge in [0, 0.05) is 16.4 Å². The molecule has 0 aromatic heterocycles. The Morgan fingerprint density at radius 3 is 2.36 bits per heavy atom. The lowest BCUT2D eigenvalue weighted by Gasteiger charge is -2.30. The largest absolute Gasteiger partial charge is 0.351 e. The van der Waals surface area contributed by atoms with Crippen LogP contribution in [0.5, 0.6) is 0 Å². The van der Waals surface area contributed by atoms with Gasteiger partial charge in [0.2, 0.25) is 0 Å². The van der Waals surface area contributed by atoms with Crippen molar-refractivity contribution in [2.24, 2.45) is 0 Å². The number of anilines is 1. The van der Waals surface area contributed by atoms with Crippen molar-refractivity contribution in [2.45, 2.75) is 19.9 Å². The number of hydrogen-bond acceptors (Lipinski definition) is 2. The van der Waals surface area contributed by atoms with Crippen LogP contribution in [0.3, 0.4) is 0 Å². The summed E-state index contributed by atoms with van der Waals surface area (Å²) in [6.07, 6.45) is 0. The molecule has 1 amide bonds. The van der Waals surface area contributed by atoms with E-state index < -0.39 is 0 Å². The fourth-order valence-corrected chi connectivity index (χ4v) is 3.13. The average Bonchev–Trinajstić information content (AvgIpc) is 2.57. The summed E-state index contributed by atoms with van der Waals surface area (Å²) >= 11 is 11.2. The molecule has 4 nitrogen and oxygen atoms in total. The van der Waals surface area contributed by atoms with E-state index in [1.54, 1.807) is 12.1 Å². The molecule has 3 rings (SSSR count). The molecule has 1 atom stereocenters. The zero-order valence-corrected chi connectivity index (χ0v) is 15.5. The van der Waals surface area contributed by atoms with Gasteiger partial charge in [0.1, 0.15) is 0 Å². The summed E-state index contributed by atoms with van der Waals surface area (Å²) in [5.74, 6) is -0.177. The van der Waals surface area contributed by atoms with E-state index in [0.717, 1.165) is 22.5 Å². The van der Waals surface area contributed by atoms with E-state index in [1.807, 2.05) is 50.2 Å². The van der Waals surface area contributed by atoms with Crippen molar-refractivity contribution in [3.63, 3.8) is 0 Å². The van der Waals surface area contributed by atoms with Gasteiger partial charge in [0.25, 0.3) is 5.91 Å². The van der Waals surface area contributed by atoms with E-state index >= 15 is 0 Å². The number of carbonyl (C=O) groups is 1. The van der Waals surface area contributed by atoms with Gasteiger partial charge in [-0.15, -0.1) is 0 Å². The van der Waals surface area contributed by atoms with Crippen molar-refractivity contribution in [1.29, 1.82) is 0 Å². The van der Waals surface area contributed by atoms with E-state index in [0.29, 0.717) is 15.7 Å². The van der Waals surface area contributed by atoms with Crippen LogP contribution in [-0.2, 0) is 4.79 Å². The van der Waals surface area contributed by atoms with Crippen LogP contribution in [0.2, 0.25) is 5.02 Å². The molecule has 0 spiro atoms. The molecular weight excluding hydrogens is 354 g/mol. The lowest BCUT2D eigenvalue weighted by molar-refractivity contribution is -0.113. The second-order valence-electron chi connectivity index (χ2n) is 5.94. The Morgan fingerprint density at radius 1 is 1.08 bits per heavy atom. The molecule has 2 aromatic rings. The number of carbonyl (C=O) groups excluding carboxylic acids is 1. The van der Waals surface area contributed by atoms with E-state index in [2.05, 4.69) is 16.0 Å². The summed E-state index contributed by atoms with van der Waals surface area (Å²) < 4.78 is 0. The molecular formula is C19H18ClN3OS. The quantitative estimate of drug-likeness (QED) is 0.711. The van der Waals surface area contributed by atoms with Crippen LogP contribution in [-0.4, -0.2) is 11.0 Å². The number of benzene rings is 2. The molecule has 3 N–H and O–H groups in total. The maximum absolute atomic E-state index is 12.9. The van der Waals surface area contributed by atoms with Gasteiger partial charge in [-0.2, -0.15) is 0 Å². The van der Waals surface area contributed by atoms with Gasteiger partial charge in [-0.3, -0.25) is 4.79 Å². The highest BCUT2D eigenvalue weighted by molar-refractivity contribution is 7.80. The SMILES string of the molecule is CC1=C(C(=O)Nc2ccc(C)cc2)[C@H](c2ccc(Cl)cc2)NC(=S)N1. The molecule has 0 radical (unpaired) electrons. The zero-order chi connectivity index (χ0) is 18.0. The fourth-order valence-electron chi connectivity index (χ4n) is 2.74. The van der Waals surface area contributed by atoms with Crippen LogP contribution in [0.4, 0.5) is 5.69 Å². The van der Waals surface area contributed by atoms with Crippen LogP contribution in [0.25, 0.3) is 0 Å². The van der Waals surface area contributed by atoms with Crippen molar-refractivity contribution in [3.8, 4) is 0 Å². The summed E-state index contributed by atoms with van der Waals surface area (Å²) in [6, 6.07) is 14.7. The number of aryl methyl sites for hydroxylation is 1. The number of thiocarbonyl (C=S) groups is 1. The normalized spacial score (nSPS) is 16.9. The number of rotatable bonds is 3. The third-order valence-electron chi connectivity index (χ3n) is 4.03. The lowest BCUT2D eigenvalue weighted by Crippen LogP contribution is -2.45. The number of hydrogen-bond donors (Lipinski definition) is 3. The number of halogens is 1. The van der Waals surface area contributed by atoms with Crippen molar-refractivity contribution >= 4 is 40.5 Å². The Kier molecular flexibility index (Phi) is 5.06. The molecule has 0 aliphatic carbocycles. The minimum atomic E-state index is -0.337. The molecule has 1 heterocycles. The van der Waals surface area contributed by atoms with Gasteiger partial charge < -0.3 is 16.0 Å². The lowest BCUT2D eigenvalue weighted by atomic mass is 9.95. The van der Waals surface area contributed by atoms with Gasteiger partial charge in [-0.05, 0) is 55.9 Å². The Hall–Kier alpha value is -2.37. The first-order chi connectivity index (χ1) is 11.9. The van der Waals surface area contributed by atoms with E-state index in [1.165, 1.54) is 0 Å². The highest BCUT2D eigenvalue weighted by Gasteiger charge is 2.29. The van der Waals surface area contributed by atoms with Crippen LogP contribution in [0.1, 0.15) is 24.1 Å². The maximum Gasteiger partial charge on any atom is 0.255 e. The first-order valence-corrected chi connectivity index (χ1v) is 8.64. The molecule has 0 saturated carbocycles. The van der Waals surface area contributed by atoms with Crippen LogP contribution >= 0.6 is 23.8 Å². The number of amides is 1. The Balaban J connectivity index is 1.92. The minimum absolute atomic E-state index is 0.177. The molecule has 0 saturated heterocycles. The van der Waals surface area contributed by atoms with Gasteiger partial charge in [0.15, 0.2) is 5.11 Å². The predicted octanol–water partition coefficient (Wildman–Crippen LogP) is 4.08. The van der Waals surface area contributed by atoms with Crippen molar-refractivity contribution in [2.75, 3.05) is 5.32 Å². The Labute approximate surface area is 157 Å². The minimum Gasteiger partial charge on any atom is -0.351 e. The molecule has 1 aliphatic rings. The second-order valence-corrected chi connectivity index (χ2v) is 6.79. The van der Waals surface area contributed by atoms with E-state index in [-0.39, 0.29) is 11.9 Å². The molecule has 6 heteroatoms. The van der Waals surface area contributed by atoms with E-state index in [9.17, 15) is 4.79 Å². The van der Waals surface area contributed by atoms with Gasteiger partial charge in [-0.1, -0.05) is 41.4 Å². The molecule has 1 aliphatic heterocycles. The molecule has 128 valence electrons. The Bertz CT molecular complexity index is 844. The topological polar surface area (TPSA) is 53.2 Å². The number of nitrogens with one attached hydrogen (secondary N) is 3.